The van der Waals surface area contributed by atoms with Crippen LogP contribution in [0.25, 0.3) is 33.4 Å². The third kappa shape index (κ3) is 5.56. The Morgan fingerprint density at radius 1 is 0.283 bits per heavy atom. The van der Waals surface area contributed by atoms with E-state index in [0.29, 0.717) is 0 Å². The second-order valence-electron chi connectivity index (χ2n) is 16.4. The normalized spacial score (nSPS) is 12.7. The van der Waals surface area contributed by atoms with Crippen molar-refractivity contribution in [2.24, 2.45) is 0 Å². The van der Waals surface area contributed by atoms with E-state index in [1.807, 2.05) is 0 Å². The quantitative estimate of drug-likeness (QED) is 0.159. The van der Waals surface area contributed by atoms with Gasteiger partial charge >= 0.3 is 0 Å². The summed E-state index contributed by atoms with van der Waals surface area (Å²) in [6.07, 6.45) is 0. The molecule has 2 nitrogen and oxygen atoms in total. The molecule has 2 aliphatic rings. The Balaban J connectivity index is 1.04. The van der Waals surface area contributed by atoms with E-state index in [1.54, 1.807) is 0 Å². The molecule has 60 heavy (non-hydrogen) atoms. The summed E-state index contributed by atoms with van der Waals surface area (Å²) in [5.41, 5.74) is 23.0. The summed E-state index contributed by atoms with van der Waals surface area (Å²) in [5, 5.41) is 0. The van der Waals surface area contributed by atoms with Crippen LogP contribution in [-0.4, -0.2) is 0 Å². The van der Waals surface area contributed by atoms with Gasteiger partial charge in [0.05, 0.1) is 11.1 Å². The zero-order chi connectivity index (χ0) is 40.4. The number of nitrogens with zero attached hydrogens (tertiary/aromatic N) is 2. The molecule has 0 unspecified atom stereocenters. The van der Waals surface area contributed by atoms with Crippen LogP contribution in [0, 0.1) is 20.8 Å². The Bertz CT molecular complexity index is 2920. The van der Waals surface area contributed by atoms with Crippen molar-refractivity contribution in [3.63, 3.8) is 0 Å². The molecule has 0 atom stereocenters. The number of hydrogen-bond acceptors (Lipinski definition) is 2. The van der Waals surface area contributed by atoms with E-state index in [2.05, 4.69) is 243 Å². The molecule has 0 radical (unpaired) electrons. The molecule has 0 aliphatic heterocycles. The molecule has 0 aromatic heterocycles. The maximum atomic E-state index is 2.48. The van der Waals surface area contributed by atoms with E-state index in [-0.39, 0.29) is 0 Å². The van der Waals surface area contributed by atoms with Crippen LogP contribution >= 0.6 is 0 Å². The largest absolute Gasteiger partial charge is 0.311 e. The van der Waals surface area contributed by atoms with E-state index in [1.165, 1.54) is 78.0 Å². The zero-order valence-electron chi connectivity index (χ0n) is 34.1. The molecular formula is C58H44N2. The van der Waals surface area contributed by atoms with Crippen LogP contribution in [0.2, 0.25) is 0 Å². The maximum Gasteiger partial charge on any atom is 0.0746 e. The second-order valence-corrected chi connectivity index (χ2v) is 16.4. The Kier molecular flexibility index (Phi) is 8.42. The van der Waals surface area contributed by atoms with Gasteiger partial charge in [-0.15, -0.1) is 0 Å². The number of fused-ring (bicyclic) bond motifs is 10. The van der Waals surface area contributed by atoms with Crippen LogP contribution < -0.4 is 9.80 Å². The molecule has 11 rings (SSSR count). The fraction of sp³-hybridized carbons (Fsp3) is 0.0690. The van der Waals surface area contributed by atoms with Crippen molar-refractivity contribution in [3.05, 3.63) is 251 Å². The van der Waals surface area contributed by atoms with Gasteiger partial charge in [-0.2, -0.15) is 0 Å². The number of hydrogen-bond donors (Lipinski definition) is 0. The molecule has 286 valence electrons. The lowest BCUT2D eigenvalue weighted by Crippen LogP contribution is -2.28. The average Bonchev–Trinajstić information content (AvgIpc) is 3.77. The second kappa shape index (κ2) is 14.1. The molecule has 0 amide bonds. The number of aryl methyl sites for hydroxylation is 3. The van der Waals surface area contributed by atoms with Gasteiger partial charge in [-0.25, -0.2) is 0 Å². The minimum atomic E-state index is -0.467. The average molecular weight is 769 g/mol. The fourth-order valence-corrected chi connectivity index (χ4v) is 9.88. The number of benzene rings is 9. The monoisotopic (exact) mass is 768 g/mol. The summed E-state index contributed by atoms with van der Waals surface area (Å²) >= 11 is 0. The number of rotatable bonds is 7. The van der Waals surface area contributed by atoms with Gasteiger partial charge in [-0.1, -0.05) is 162 Å². The molecule has 0 bridgehead atoms. The first-order valence-corrected chi connectivity index (χ1v) is 20.9. The van der Waals surface area contributed by atoms with Gasteiger partial charge in [-0.05, 0) is 138 Å². The van der Waals surface area contributed by atoms with Gasteiger partial charge in [0.15, 0.2) is 0 Å². The summed E-state index contributed by atoms with van der Waals surface area (Å²) in [6, 6.07) is 78.7. The van der Waals surface area contributed by atoms with Gasteiger partial charge in [0.25, 0.3) is 0 Å². The third-order valence-electron chi connectivity index (χ3n) is 12.7. The van der Waals surface area contributed by atoms with Crippen molar-refractivity contribution >= 4 is 34.1 Å². The van der Waals surface area contributed by atoms with Crippen LogP contribution in [0.15, 0.2) is 212 Å². The molecular weight excluding hydrogens is 725 g/mol. The highest BCUT2D eigenvalue weighted by Gasteiger charge is 2.53. The van der Waals surface area contributed by atoms with Crippen molar-refractivity contribution in [2.75, 3.05) is 9.80 Å². The molecule has 0 fully saturated rings. The van der Waals surface area contributed by atoms with Gasteiger partial charge < -0.3 is 9.80 Å². The summed E-state index contributed by atoms with van der Waals surface area (Å²) < 4.78 is 0. The third-order valence-corrected chi connectivity index (χ3v) is 12.7. The summed E-state index contributed by atoms with van der Waals surface area (Å²) in [4.78, 5) is 4.80. The molecule has 2 aliphatic carbocycles. The first kappa shape index (κ1) is 35.7. The molecule has 2 heteroatoms. The molecule has 0 N–H and O–H groups in total. The first-order chi connectivity index (χ1) is 29.5. The molecule has 1 spiro atoms. The van der Waals surface area contributed by atoms with Crippen molar-refractivity contribution in [3.8, 4) is 33.4 Å². The van der Waals surface area contributed by atoms with Crippen LogP contribution in [0.1, 0.15) is 38.9 Å². The molecule has 9 aromatic rings. The van der Waals surface area contributed by atoms with Crippen molar-refractivity contribution in [1.29, 1.82) is 0 Å². The van der Waals surface area contributed by atoms with Crippen molar-refractivity contribution in [2.45, 2.75) is 26.2 Å². The van der Waals surface area contributed by atoms with E-state index in [4.69, 9.17) is 0 Å². The predicted octanol–water partition coefficient (Wildman–Crippen LogP) is 15.6. The van der Waals surface area contributed by atoms with Crippen LogP contribution in [-0.2, 0) is 5.41 Å². The highest BCUT2D eigenvalue weighted by atomic mass is 15.1. The van der Waals surface area contributed by atoms with E-state index in [9.17, 15) is 0 Å². The first-order valence-electron chi connectivity index (χ1n) is 20.9. The Hall–Kier alpha value is -7.42. The van der Waals surface area contributed by atoms with Crippen molar-refractivity contribution < 1.29 is 0 Å². The highest BCUT2D eigenvalue weighted by Crippen LogP contribution is 2.65. The van der Waals surface area contributed by atoms with Crippen LogP contribution in [0.3, 0.4) is 0 Å². The van der Waals surface area contributed by atoms with Crippen LogP contribution in [0.5, 0.6) is 0 Å². The van der Waals surface area contributed by atoms with Gasteiger partial charge in [0.1, 0.15) is 0 Å². The van der Waals surface area contributed by atoms with Crippen LogP contribution in [0.4, 0.5) is 34.1 Å². The van der Waals surface area contributed by atoms with E-state index in [0.717, 1.165) is 28.4 Å². The van der Waals surface area contributed by atoms with Gasteiger partial charge in [0.2, 0.25) is 0 Å². The number of anilines is 6. The lowest BCUT2D eigenvalue weighted by atomic mass is 9.70. The lowest BCUT2D eigenvalue weighted by Gasteiger charge is -2.36. The van der Waals surface area contributed by atoms with E-state index < -0.39 is 5.41 Å². The lowest BCUT2D eigenvalue weighted by molar-refractivity contribution is 0.793. The highest BCUT2D eigenvalue weighted by molar-refractivity contribution is 5.99. The van der Waals surface area contributed by atoms with Gasteiger partial charge in [-0.3, -0.25) is 0 Å². The smallest absolute Gasteiger partial charge is 0.0746 e. The maximum absolute atomic E-state index is 2.48. The zero-order valence-corrected chi connectivity index (χ0v) is 34.1. The molecule has 0 saturated carbocycles. The Labute approximate surface area is 353 Å². The van der Waals surface area contributed by atoms with Crippen molar-refractivity contribution in [1.82, 2.24) is 0 Å². The molecule has 0 saturated heterocycles. The predicted molar refractivity (Wildman–Crippen MR) is 252 cm³/mol. The molecule has 0 heterocycles. The Morgan fingerprint density at radius 2 is 0.600 bits per heavy atom. The molecule has 9 aromatic carbocycles. The summed E-state index contributed by atoms with van der Waals surface area (Å²) in [7, 11) is 0. The fourth-order valence-electron chi connectivity index (χ4n) is 9.88. The SMILES string of the molecule is Cc1ccc(N(c2ccc(C)cc2)c2ccc(-c3ccc(N(c4ccc(C)cc4)c4cccc5c4C4(c6ccccc6-c6ccccc64)c4ccccc4-5)cc3)cc2)cc1. The van der Waals surface area contributed by atoms with Gasteiger partial charge in [0, 0.05) is 34.0 Å². The minimum absolute atomic E-state index is 0.467. The summed E-state index contributed by atoms with van der Waals surface area (Å²) in [5.74, 6) is 0. The van der Waals surface area contributed by atoms with E-state index >= 15 is 0 Å². The Morgan fingerprint density at radius 3 is 1.00 bits per heavy atom. The standard InChI is InChI=1S/C58H44N2/c1-39-19-29-44(30-20-39)59(45-31-21-40(2)22-32-45)46-35-25-42(26-36-46)43-27-37-48(38-28-43)60(47-33-23-41(3)24-34-47)56-18-10-14-52-51-13-6-9-17-55(51)58(57(52)56)53-15-7-4-11-49(53)50-12-5-8-16-54(50)58/h4-38H,1-3H3. The topological polar surface area (TPSA) is 6.48 Å². The summed E-state index contributed by atoms with van der Waals surface area (Å²) in [6.45, 7) is 6.43. The minimum Gasteiger partial charge on any atom is -0.311 e.